The third-order valence-electron chi connectivity index (χ3n) is 2.28. The molecule has 1 aliphatic heterocycles. The number of hydrogen-bond donors (Lipinski definition) is 2. The predicted molar refractivity (Wildman–Crippen MR) is 56.4 cm³/mol. The number of guanidine groups is 1. The minimum absolute atomic E-state index is 0.0961. The third-order valence-corrected chi connectivity index (χ3v) is 2.28. The number of hydrogen-bond acceptors (Lipinski definition) is 3. The van der Waals surface area contributed by atoms with Crippen molar-refractivity contribution in [3.05, 3.63) is 29.6 Å². The quantitative estimate of drug-likeness (QED) is 0.683. The summed E-state index contributed by atoms with van der Waals surface area (Å²) in [5.41, 5.74) is 1.78. The molecular formula is C10H12N4O. The second-order valence-corrected chi connectivity index (χ2v) is 3.37. The van der Waals surface area contributed by atoms with E-state index in [2.05, 4.69) is 20.6 Å². The maximum atomic E-state index is 11.5. The van der Waals surface area contributed by atoms with Gasteiger partial charge in [0.05, 0.1) is 0 Å². The normalized spacial score (nSPS) is 22.7. The molecule has 1 aliphatic rings. The van der Waals surface area contributed by atoms with Crippen molar-refractivity contribution in [3.8, 4) is 0 Å². The van der Waals surface area contributed by atoms with Gasteiger partial charge < -0.3 is 5.32 Å². The van der Waals surface area contributed by atoms with Crippen molar-refractivity contribution in [2.45, 2.75) is 13.0 Å². The zero-order valence-corrected chi connectivity index (χ0v) is 8.61. The average Bonchev–Trinajstić information content (AvgIpc) is 2.61. The summed E-state index contributed by atoms with van der Waals surface area (Å²) in [7, 11) is 1.62. The Labute approximate surface area is 87.6 Å². The molecule has 2 rings (SSSR count). The van der Waals surface area contributed by atoms with Gasteiger partial charge >= 0.3 is 0 Å². The van der Waals surface area contributed by atoms with Gasteiger partial charge in [0.2, 0.25) is 0 Å². The first-order chi connectivity index (χ1) is 7.20. The Morgan fingerprint density at radius 3 is 2.80 bits per heavy atom. The van der Waals surface area contributed by atoms with E-state index in [0.29, 0.717) is 5.96 Å². The Bertz CT molecular complexity index is 410. The maximum Gasteiger partial charge on any atom is 0.253 e. The molecular weight excluding hydrogens is 192 g/mol. The number of aryl methyl sites for hydroxylation is 1. The first kappa shape index (κ1) is 9.64. The molecule has 0 aliphatic carbocycles. The highest BCUT2D eigenvalue weighted by molar-refractivity contribution is 6.06. The zero-order valence-electron chi connectivity index (χ0n) is 8.61. The molecule has 1 aromatic heterocycles. The van der Waals surface area contributed by atoms with E-state index in [-0.39, 0.29) is 11.9 Å². The van der Waals surface area contributed by atoms with Crippen molar-refractivity contribution in [1.82, 2.24) is 15.6 Å². The Hall–Kier alpha value is -1.91. The van der Waals surface area contributed by atoms with Gasteiger partial charge in [0.1, 0.15) is 6.04 Å². The van der Waals surface area contributed by atoms with E-state index >= 15 is 0 Å². The molecule has 15 heavy (non-hydrogen) atoms. The fraction of sp³-hybridized carbons (Fsp3) is 0.300. The molecule has 0 radical (unpaired) electrons. The topological polar surface area (TPSA) is 66.4 Å². The van der Waals surface area contributed by atoms with Crippen LogP contribution in [-0.2, 0) is 4.79 Å². The van der Waals surface area contributed by atoms with Crippen LogP contribution in [0.5, 0.6) is 0 Å². The van der Waals surface area contributed by atoms with Crippen LogP contribution in [0.25, 0.3) is 0 Å². The van der Waals surface area contributed by atoms with Crippen molar-refractivity contribution in [2.24, 2.45) is 4.99 Å². The summed E-state index contributed by atoms with van der Waals surface area (Å²) in [5.74, 6) is 0.409. The van der Waals surface area contributed by atoms with Gasteiger partial charge in [-0.15, -0.1) is 0 Å². The van der Waals surface area contributed by atoms with Crippen LogP contribution in [0, 0.1) is 6.92 Å². The van der Waals surface area contributed by atoms with E-state index in [1.165, 1.54) is 0 Å². The summed E-state index contributed by atoms with van der Waals surface area (Å²) >= 11 is 0. The molecule has 1 saturated heterocycles. The standard InChI is InChI=1S/C10H12N4O/c1-6-3-4-7(5-12-6)8-9(15)14-10(11-2)13-8/h3-5,8H,1-2H3,(H2,11,13,14,15). The molecule has 5 heteroatoms. The predicted octanol–water partition coefficient (Wildman–Crippen LogP) is 0.136. The van der Waals surface area contributed by atoms with E-state index in [4.69, 9.17) is 0 Å². The number of pyridine rings is 1. The van der Waals surface area contributed by atoms with Gasteiger partial charge in [0.15, 0.2) is 5.96 Å². The molecule has 0 saturated carbocycles. The minimum atomic E-state index is -0.378. The van der Waals surface area contributed by atoms with E-state index in [1.54, 1.807) is 13.2 Å². The zero-order chi connectivity index (χ0) is 10.8. The maximum absolute atomic E-state index is 11.5. The SMILES string of the molecule is CN=C1NC(=O)C(c2ccc(C)nc2)N1. The number of carbonyl (C=O) groups excluding carboxylic acids is 1. The van der Waals surface area contributed by atoms with Crippen LogP contribution in [0.3, 0.4) is 0 Å². The van der Waals surface area contributed by atoms with E-state index in [9.17, 15) is 4.79 Å². The van der Waals surface area contributed by atoms with Gasteiger partial charge in [-0.3, -0.25) is 20.1 Å². The second-order valence-electron chi connectivity index (χ2n) is 3.37. The van der Waals surface area contributed by atoms with E-state index in [0.717, 1.165) is 11.3 Å². The lowest BCUT2D eigenvalue weighted by Gasteiger charge is -2.07. The Kier molecular flexibility index (Phi) is 2.37. The number of nitrogens with one attached hydrogen (secondary N) is 2. The number of carbonyl (C=O) groups is 1. The van der Waals surface area contributed by atoms with Gasteiger partial charge in [-0.25, -0.2) is 0 Å². The Morgan fingerprint density at radius 2 is 2.27 bits per heavy atom. The lowest BCUT2D eigenvalue weighted by molar-refractivity contribution is -0.120. The van der Waals surface area contributed by atoms with Crippen LogP contribution < -0.4 is 10.6 Å². The van der Waals surface area contributed by atoms with Crippen molar-refractivity contribution in [2.75, 3.05) is 7.05 Å². The van der Waals surface area contributed by atoms with Crippen LogP contribution in [0.15, 0.2) is 23.3 Å². The van der Waals surface area contributed by atoms with Crippen LogP contribution >= 0.6 is 0 Å². The van der Waals surface area contributed by atoms with Crippen molar-refractivity contribution in [3.63, 3.8) is 0 Å². The molecule has 1 aromatic rings. The van der Waals surface area contributed by atoms with Crippen LogP contribution in [0.1, 0.15) is 17.3 Å². The summed E-state index contributed by atoms with van der Waals surface area (Å²) in [4.78, 5) is 19.6. The summed E-state index contributed by atoms with van der Waals surface area (Å²) in [6, 6.07) is 3.39. The van der Waals surface area contributed by atoms with Crippen molar-refractivity contribution < 1.29 is 4.79 Å². The molecule has 1 fully saturated rings. The van der Waals surface area contributed by atoms with Crippen LogP contribution in [0.2, 0.25) is 0 Å². The highest BCUT2D eigenvalue weighted by Gasteiger charge is 2.29. The average molecular weight is 204 g/mol. The molecule has 5 nitrogen and oxygen atoms in total. The Morgan fingerprint density at radius 1 is 1.47 bits per heavy atom. The number of rotatable bonds is 1. The molecule has 1 atom stereocenters. The lowest BCUT2D eigenvalue weighted by Crippen LogP contribution is -2.24. The molecule has 0 spiro atoms. The minimum Gasteiger partial charge on any atom is -0.340 e. The molecule has 2 N–H and O–H groups in total. The largest absolute Gasteiger partial charge is 0.340 e. The van der Waals surface area contributed by atoms with Gasteiger partial charge in [-0.05, 0) is 13.0 Å². The lowest BCUT2D eigenvalue weighted by atomic mass is 10.1. The fourth-order valence-corrected chi connectivity index (χ4v) is 1.43. The third kappa shape index (κ3) is 1.81. The second kappa shape index (κ2) is 3.68. The molecule has 2 heterocycles. The number of aromatic nitrogens is 1. The van der Waals surface area contributed by atoms with Crippen molar-refractivity contribution in [1.29, 1.82) is 0 Å². The molecule has 1 amide bonds. The van der Waals surface area contributed by atoms with E-state index < -0.39 is 0 Å². The summed E-state index contributed by atoms with van der Waals surface area (Å²) in [5, 5.41) is 5.61. The van der Waals surface area contributed by atoms with Gasteiger partial charge in [-0.1, -0.05) is 6.07 Å². The fourth-order valence-electron chi connectivity index (χ4n) is 1.43. The van der Waals surface area contributed by atoms with Crippen LogP contribution in [-0.4, -0.2) is 23.9 Å². The summed E-state index contributed by atoms with van der Waals surface area (Å²) < 4.78 is 0. The molecule has 1 unspecified atom stereocenters. The monoisotopic (exact) mass is 204 g/mol. The van der Waals surface area contributed by atoms with E-state index in [1.807, 2.05) is 19.1 Å². The number of amides is 1. The van der Waals surface area contributed by atoms with Gasteiger partial charge in [0, 0.05) is 24.5 Å². The summed E-state index contributed by atoms with van der Waals surface area (Å²) in [6.07, 6.45) is 1.70. The number of aliphatic imine (C=N–C) groups is 1. The van der Waals surface area contributed by atoms with Gasteiger partial charge in [-0.2, -0.15) is 0 Å². The van der Waals surface area contributed by atoms with Gasteiger partial charge in [0.25, 0.3) is 5.91 Å². The summed E-state index contributed by atoms with van der Waals surface area (Å²) in [6.45, 7) is 1.91. The first-order valence-corrected chi connectivity index (χ1v) is 4.67. The smallest absolute Gasteiger partial charge is 0.253 e. The van der Waals surface area contributed by atoms with Crippen LogP contribution in [0.4, 0.5) is 0 Å². The highest BCUT2D eigenvalue weighted by atomic mass is 16.2. The molecule has 0 bridgehead atoms. The highest BCUT2D eigenvalue weighted by Crippen LogP contribution is 2.15. The first-order valence-electron chi connectivity index (χ1n) is 4.67. The molecule has 0 aromatic carbocycles. The van der Waals surface area contributed by atoms with Crippen molar-refractivity contribution >= 4 is 11.9 Å². The Balaban J connectivity index is 2.25. The number of nitrogens with zero attached hydrogens (tertiary/aromatic N) is 2. The molecule has 78 valence electrons.